The fourth-order valence-corrected chi connectivity index (χ4v) is 2.37. The van der Waals surface area contributed by atoms with E-state index in [2.05, 4.69) is 5.32 Å². The van der Waals surface area contributed by atoms with Crippen molar-refractivity contribution in [1.29, 1.82) is 0 Å². The van der Waals surface area contributed by atoms with Crippen molar-refractivity contribution in [3.05, 3.63) is 52.0 Å². The smallest absolute Gasteiger partial charge is 0.339 e. The van der Waals surface area contributed by atoms with Crippen molar-refractivity contribution < 1.29 is 23.8 Å². The van der Waals surface area contributed by atoms with E-state index in [4.69, 9.17) is 37.4 Å². The highest BCUT2D eigenvalue weighted by Gasteiger charge is 2.21. The second kappa shape index (κ2) is 8.78. The van der Waals surface area contributed by atoms with Gasteiger partial charge in [-0.2, -0.15) is 0 Å². The third-order valence-electron chi connectivity index (χ3n) is 3.43. The van der Waals surface area contributed by atoms with Crippen LogP contribution in [0.2, 0.25) is 10.0 Å². The molecule has 0 saturated heterocycles. The highest BCUT2D eigenvalue weighted by Crippen LogP contribution is 2.26. The number of hydrogen-bond acceptors (Lipinski definition) is 5. The first-order chi connectivity index (χ1) is 12.3. The van der Waals surface area contributed by atoms with E-state index in [1.807, 2.05) is 0 Å². The minimum Gasteiger partial charge on any atom is -0.497 e. The molecule has 0 fully saturated rings. The van der Waals surface area contributed by atoms with Crippen LogP contribution in [0.1, 0.15) is 17.3 Å². The van der Waals surface area contributed by atoms with Gasteiger partial charge in [0.15, 0.2) is 6.10 Å². The molecular weight excluding hydrogens is 381 g/mol. The molecule has 0 bridgehead atoms. The van der Waals surface area contributed by atoms with Crippen molar-refractivity contribution in [2.24, 2.45) is 0 Å². The lowest BCUT2D eigenvalue weighted by molar-refractivity contribution is -0.123. The summed E-state index contributed by atoms with van der Waals surface area (Å²) in [7, 11) is 2.93. The highest BCUT2D eigenvalue weighted by atomic mass is 35.5. The van der Waals surface area contributed by atoms with E-state index in [1.54, 1.807) is 18.2 Å². The number of nitrogens with one attached hydrogen (secondary N) is 1. The van der Waals surface area contributed by atoms with Crippen molar-refractivity contribution >= 4 is 40.8 Å². The van der Waals surface area contributed by atoms with Gasteiger partial charge in [-0.25, -0.2) is 4.79 Å². The molecule has 6 nitrogen and oxygen atoms in total. The Bertz CT molecular complexity index is 803. The van der Waals surface area contributed by atoms with E-state index in [0.717, 1.165) is 0 Å². The number of methoxy groups -OCH3 is 2. The van der Waals surface area contributed by atoms with Crippen LogP contribution < -0.4 is 14.8 Å². The molecule has 0 radical (unpaired) electrons. The van der Waals surface area contributed by atoms with Crippen LogP contribution in [0.15, 0.2) is 36.4 Å². The first kappa shape index (κ1) is 19.9. The zero-order chi connectivity index (χ0) is 19.3. The molecule has 2 aromatic rings. The Kier molecular flexibility index (Phi) is 6.71. The van der Waals surface area contributed by atoms with E-state index in [1.165, 1.54) is 39.3 Å². The minimum atomic E-state index is -1.06. The Morgan fingerprint density at radius 1 is 1.00 bits per heavy atom. The quantitative estimate of drug-likeness (QED) is 0.739. The van der Waals surface area contributed by atoms with Crippen molar-refractivity contribution in [1.82, 2.24) is 0 Å². The van der Waals surface area contributed by atoms with E-state index >= 15 is 0 Å². The molecule has 2 rings (SSSR count). The molecule has 0 aliphatic carbocycles. The van der Waals surface area contributed by atoms with Gasteiger partial charge in [-0.15, -0.1) is 0 Å². The molecule has 0 aromatic heterocycles. The Hall–Kier alpha value is -2.44. The molecule has 26 heavy (non-hydrogen) atoms. The van der Waals surface area contributed by atoms with Crippen LogP contribution in [0.3, 0.4) is 0 Å². The maximum Gasteiger partial charge on any atom is 0.339 e. The lowest BCUT2D eigenvalue weighted by atomic mass is 10.2. The molecule has 1 unspecified atom stereocenters. The predicted molar refractivity (Wildman–Crippen MR) is 99.5 cm³/mol. The number of rotatable bonds is 6. The normalized spacial score (nSPS) is 11.4. The molecule has 8 heteroatoms. The van der Waals surface area contributed by atoms with Gasteiger partial charge in [0.05, 0.1) is 30.5 Å². The largest absolute Gasteiger partial charge is 0.497 e. The van der Waals surface area contributed by atoms with Crippen LogP contribution in [-0.2, 0) is 9.53 Å². The molecule has 0 saturated carbocycles. The standard InChI is InChI=1S/C18H17Cl2NO5/c1-10(17(22)21-16-8-12(19)4-5-15(16)20)26-18(23)11-6-13(24-2)9-14(7-11)25-3/h4-10H,1-3H3,(H,21,22). The molecule has 1 atom stereocenters. The molecule has 1 N–H and O–H groups in total. The van der Waals surface area contributed by atoms with Gasteiger partial charge in [0.2, 0.25) is 0 Å². The van der Waals surface area contributed by atoms with E-state index in [0.29, 0.717) is 27.2 Å². The van der Waals surface area contributed by atoms with Gasteiger partial charge in [-0.05, 0) is 37.3 Å². The van der Waals surface area contributed by atoms with Gasteiger partial charge in [-0.1, -0.05) is 23.2 Å². The molecule has 1 amide bonds. The average Bonchev–Trinajstić information content (AvgIpc) is 2.63. The summed E-state index contributed by atoms with van der Waals surface area (Å²) in [5.74, 6) is -0.377. The van der Waals surface area contributed by atoms with Crippen LogP contribution in [-0.4, -0.2) is 32.2 Å². The monoisotopic (exact) mass is 397 g/mol. The Morgan fingerprint density at radius 3 is 2.19 bits per heavy atom. The Labute approximate surface area is 160 Å². The van der Waals surface area contributed by atoms with E-state index < -0.39 is 18.0 Å². The summed E-state index contributed by atoms with van der Waals surface area (Å²) in [5, 5.41) is 3.30. The molecule has 0 aliphatic heterocycles. The van der Waals surface area contributed by atoms with E-state index in [-0.39, 0.29) is 5.56 Å². The van der Waals surface area contributed by atoms with Gasteiger partial charge in [0.25, 0.3) is 5.91 Å². The molecule has 138 valence electrons. The van der Waals surface area contributed by atoms with Gasteiger partial charge < -0.3 is 19.5 Å². The zero-order valence-corrected chi connectivity index (χ0v) is 15.9. The molecule has 0 aliphatic rings. The number of amides is 1. The maximum absolute atomic E-state index is 12.3. The number of benzene rings is 2. The lowest BCUT2D eigenvalue weighted by Gasteiger charge is -2.15. The number of carbonyl (C=O) groups excluding carboxylic acids is 2. The summed E-state index contributed by atoms with van der Waals surface area (Å²) < 4.78 is 15.4. The molecule has 2 aromatic carbocycles. The summed E-state index contributed by atoms with van der Waals surface area (Å²) in [6.45, 7) is 1.45. The molecular formula is C18H17Cl2NO5. The summed E-state index contributed by atoms with van der Waals surface area (Å²) in [6, 6.07) is 9.25. The number of hydrogen-bond donors (Lipinski definition) is 1. The van der Waals surface area contributed by atoms with Crippen LogP contribution >= 0.6 is 23.2 Å². The number of ether oxygens (including phenoxy) is 3. The summed E-state index contributed by atoms with van der Waals surface area (Å²) in [6.07, 6.45) is -1.06. The van der Waals surface area contributed by atoms with Crippen LogP contribution in [0.5, 0.6) is 11.5 Å². The first-order valence-electron chi connectivity index (χ1n) is 7.54. The summed E-state index contributed by atoms with van der Waals surface area (Å²) >= 11 is 11.9. The lowest BCUT2D eigenvalue weighted by Crippen LogP contribution is -2.30. The first-order valence-corrected chi connectivity index (χ1v) is 8.29. The molecule has 0 heterocycles. The van der Waals surface area contributed by atoms with Crippen LogP contribution in [0.25, 0.3) is 0 Å². The van der Waals surface area contributed by atoms with Gasteiger partial charge >= 0.3 is 5.97 Å². The number of anilines is 1. The number of carbonyl (C=O) groups is 2. The summed E-state index contributed by atoms with van der Waals surface area (Å²) in [4.78, 5) is 24.6. The fourth-order valence-electron chi connectivity index (χ4n) is 2.04. The van der Waals surface area contributed by atoms with Crippen molar-refractivity contribution in [2.75, 3.05) is 19.5 Å². The predicted octanol–water partition coefficient (Wildman–Crippen LogP) is 4.19. The van der Waals surface area contributed by atoms with Crippen molar-refractivity contribution in [3.8, 4) is 11.5 Å². The Morgan fingerprint density at radius 2 is 1.62 bits per heavy atom. The zero-order valence-electron chi connectivity index (χ0n) is 14.3. The van der Waals surface area contributed by atoms with Gasteiger partial charge in [-0.3, -0.25) is 4.79 Å². The maximum atomic E-state index is 12.3. The summed E-state index contributed by atoms with van der Waals surface area (Å²) in [5.41, 5.74) is 0.525. The van der Waals surface area contributed by atoms with Crippen LogP contribution in [0, 0.1) is 0 Å². The third-order valence-corrected chi connectivity index (χ3v) is 3.99. The average molecular weight is 398 g/mol. The minimum absolute atomic E-state index is 0.196. The van der Waals surface area contributed by atoms with Gasteiger partial charge in [0.1, 0.15) is 11.5 Å². The topological polar surface area (TPSA) is 73.9 Å². The van der Waals surface area contributed by atoms with Crippen molar-refractivity contribution in [3.63, 3.8) is 0 Å². The second-order valence-electron chi connectivity index (χ2n) is 5.26. The fraction of sp³-hybridized carbons (Fsp3) is 0.222. The van der Waals surface area contributed by atoms with Gasteiger partial charge in [0, 0.05) is 11.1 Å². The SMILES string of the molecule is COc1cc(OC)cc(C(=O)OC(C)C(=O)Nc2cc(Cl)ccc2Cl)c1. The third kappa shape index (κ3) is 5.03. The second-order valence-corrected chi connectivity index (χ2v) is 6.11. The Balaban J connectivity index is 2.08. The highest BCUT2D eigenvalue weighted by molar-refractivity contribution is 6.35. The number of esters is 1. The molecule has 0 spiro atoms. The van der Waals surface area contributed by atoms with Crippen molar-refractivity contribution in [2.45, 2.75) is 13.0 Å². The van der Waals surface area contributed by atoms with Crippen LogP contribution in [0.4, 0.5) is 5.69 Å². The number of halogens is 2. The van der Waals surface area contributed by atoms with E-state index in [9.17, 15) is 9.59 Å².